The molecule has 0 aliphatic heterocycles. The summed E-state index contributed by atoms with van der Waals surface area (Å²) in [6, 6.07) is 9.88. The minimum atomic E-state index is -0.319. The zero-order valence-electron chi connectivity index (χ0n) is 7.56. The molecule has 13 heavy (non-hydrogen) atoms. The maximum atomic E-state index is 9.97. The smallest absolute Gasteiger partial charge is 0.0852 e. The standard InChI is InChI=1S/C12H14O/c13-12(11-8-4-5-9-11)10-6-2-1-3-7-10/h1-4,6-8,11-13H,5,9H2/t11-,12+/m0/s1. The van der Waals surface area contributed by atoms with Gasteiger partial charge in [0.1, 0.15) is 0 Å². The molecule has 0 heterocycles. The van der Waals surface area contributed by atoms with Crippen molar-refractivity contribution < 1.29 is 5.11 Å². The molecule has 1 nitrogen and oxygen atoms in total. The van der Waals surface area contributed by atoms with Gasteiger partial charge in [-0.05, 0) is 18.4 Å². The van der Waals surface area contributed by atoms with Crippen LogP contribution in [-0.2, 0) is 0 Å². The highest BCUT2D eigenvalue weighted by Crippen LogP contribution is 2.30. The van der Waals surface area contributed by atoms with Crippen LogP contribution in [0.2, 0.25) is 0 Å². The second-order valence-electron chi connectivity index (χ2n) is 3.52. The Morgan fingerprint density at radius 1 is 1.23 bits per heavy atom. The van der Waals surface area contributed by atoms with E-state index >= 15 is 0 Å². The Labute approximate surface area is 78.7 Å². The summed E-state index contributed by atoms with van der Waals surface area (Å²) >= 11 is 0. The van der Waals surface area contributed by atoms with Crippen molar-refractivity contribution in [1.82, 2.24) is 0 Å². The highest BCUT2D eigenvalue weighted by Gasteiger charge is 2.19. The Bertz CT molecular complexity index is 289. The molecule has 0 fully saturated rings. The van der Waals surface area contributed by atoms with Gasteiger partial charge >= 0.3 is 0 Å². The van der Waals surface area contributed by atoms with Gasteiger partial charge in [0.05, 0.1) is 6.10 Å². The lowest BCUT2D eigenvalue weighted by Gasteiger charge is -2.16. The fraction of sp³-hybridized carbons (Fsp3) is 0.333. The Kier molecular flexibility index (Phi) is 2.46. The SMILES string of the molecule is O[C@H](c1ccccc1)[C@H]1C=CCC1. The van der Waals surface area contributed by atoms with Gasteiger partial charge in [-0.2, -0.15) is 0 Å². The maximum Gasteiger partial charge on any atom is 0.0852 e. The molecule has 1 aliphatic carbocycles. The molecule has 0 saturated heterocycles. The lowest BCUT2D eigenvalue weighted by molar-refractivity contribution is 0.131. The zero-order chi connectivity index (χ0) is 9.10. The number of hydrogen-bond donors (Lipinski definition) is 1. The summed E-state index contributed by atoms with van der Waals surface area (Å²) in [5.41, 5.74) is 1.03. The van der Waals surface area contributed by atoms with Crippen molar-refractivity contribution >= 4 is 0 Å². The third-order valence-electron chi connectivity index (χ3n) is 2.60. The second kappa shape index (κ2) is 3.75. The quantitative estimate of drug-likeness (QED) is 0.683. The van der Waals surface area contributed by atoms with Crippen molar-refractivity contribution in [2.45, 2.75) is 18.9 Å². The van der Waals surface area contributed by atoms with Crippen molar-refractivity contribution in [2.75, 3.05) is 0 Å². The van der Waals surface area contributed by atoms with Crippen LogP contribution in [0.25, 0.3) is 0 Å². The first-order chi connectivity index (χ1) is 6.38. The molecule has 1 heteroatoms. The van der Waals surface area contributed by atoms with Gasteiger partial charge < -0.3 is 5.11 Å². The van der Waals surface area contributed by atoms with Crippen molar-refractivity contribution in [3.05, 3.63) is 48.0 Å². The molecule has 0 aromatic heterocycles. The molecule has 0 bridgehead atoms. The molecular weight excluding hydrogens is 160 g/mol. The summed E-state index contributed by atoms with van der Waals surface area (Å²) in [7, 11) is 0. The van der Waals surface area contributed by atoms with Crippen LogP contribution in [0.4, 0.5) is 0 Å². The van der Waals surface area contributed by atoms with E-state index < -0.39 is 0 Å². The number of rotatable bonds is 2. The number of allylic oxidation sites excluding steroid dienone is 1. The predicted molar refractivity (Wildman–Crippen MR) is 53.3 cm³/mol. The number of aliphatic hydroxyl groups excluding tert-OH is 1. The fourth-order valence-corrected chi connectivity index (χ4v) is 1.82. The van der Waals surface area contributed by atoms with E-state index in [0.29, 0.717) is 5.92 Å². The second-order valence-corrected chi connectivity index (χ2v) is 3.52. The van der Waals surface area contributed by atoms with Crippen LogP contribution < -0.4 is 0 Å². The number of aliphatic hydroxyl groups is 1. The van der Waals surface area contributed by atoms with E-state index in [9.17, 15) is 5.11 Å². The summed E-state index contributed by atoms with van der Waals surface area (Å²) in [5.74, 6) is 0.322. The van der Waals surface area contributed by atoms with E-state index in [-0.39, 0.29) is 6.10 Å². The van der Waals surface area contributed by atoms with Crippen LogP contribution in [0.3, 0.4) is 0 Å². The lowest BCUT2D eigenvalue weighted by atomic mass is 9.95. The topological polar surface area (TPSA) is 20.2 Å². The summed E-state index contributed by atoms with van der Waals surface area (Å²) in [4.78, 5) is 0. The van der Waals surface area contributed by atoms with Crippen molar-refractivity contribution in [2.24, 2.45) is 5.92 Å². The van der Waals surface area contributed by atoms with Crippen molar-refractivity contribution in [3.63, 3.8) is 0 Å². The van der Waals surface area contributed by atoms with E-state index in [0.717, 1.165) is 18.4 Å². The molecule has 0 saturated carbocycles. The molecule has 2 atom stereocenters. The Morgan fingerprint density at radius 3 is 2.62 bits per heavy atom. The van der Waals surface area contributed by atoms with E-state index in [1.54, 1.807) is 0 Å². The average molecular weight is 174 g/mol. The van der Waals surface area contributed by atoms with E-state index in [1.807, 2.05) is 30.3 Å². The highest BCUT2D eigenvalue weighted by atomic mass is 16.3. The molecule has 1 N–H and O–H groups in total. The average Bonchev–Trinajstić information content (AvgIpc) is 2.71. The van der Waals surface area contributed by atoms with Gasteiger partial charge in [-0.25, -0.2) is 0 Å². The van der Waals surface area contributed by atoms with Crippen LogP contribution in [-0.4, -0.2) is 5.11 Å². The van der Waals surface area contributed by atoms with Gasteiger partial charge in [0.2, 0.25) is 0 Å². The molecule has 68 valence electrons. The zero-order valence-corrected chi connectivity index (χ0v) is 7.56. The summed E-state index contributed by atoms with van der Waals surface area (Å²) in [5, 5.41) is 9.97. The molecule has 0 radical (unpaired) electrons. The number of hydrogen-bond acceptors (Lipinski definition) is 1. The molecule has 0 amide bonds. The van der Waals surface area contributed by atoms with Crippen LogP contribution in [0.1, 0.15) is 24.5 Å². The van der Waals surface area contributed by atoms with Crippen LogP contribution in [0.5, 0.6) is 0 Å². The summed E-state index contributed by atoms with van der Waals surface area (Å²) < 4.78 is 0. The van der Waals surface area contributed by atoms with Crippen molar-refractivity contribution in [3.8, 4) is 0 Å². The van der Waals surface area contributed by atoms with Gasteiger partial charge in [0, 0.05) is 5.92 Å². The fourth-order valence-electron chi connectivity index (χ4n) is 1.82. The Hall–Kier alpha value is -1.08. The summed E-state index contributed by atoms with van der Waals surface area (Å²) in [6.07, 6.45) is 6.14. The Balaban J connectivity index is 2.13. The molecule has 0 unspecified atom stereocenters. The minimum absolute atomic E-state index is 0.319. The van der Waals surface area contributed by atoms with Gasteiger partial charge in [-0.15, -0.1) is 0 Å². The van der Waals surface area contributed by atoms with Crippen LogP contribution >= 0.6 is 0 Å². The van der Waals surface area contributed by atoms with E-state index in [2.05, 4.69) is 12.2 Å². The van der Waals surface area contributed by atoms with Gasteiger partial charge in [-0.1, -0.05) is 42.5 Å². The maximum absolute atomic E-state index is 9.97. The monoisotopic (exact) mass is 174 g/mol. The first-order valence-corrected chi connectivity index (χ1v) is 4.77. The number of benzene rings is 1. The van der Waals surface area contributed by atoms with Crippen LogP contribution in [0.15, 0.2) is 42.5 Å². The lowest BCUT2D eigenvalue weighted by Crippen LogP contribution is -2.07. The normalized spacial score (nSPS) is 23.3. The van der Waals surface area contributed by atoms with E-state index in [4.69, 9.17) is 0 Å². The molecule has 0 spiro atoms. The summed E-state index contributed by atoms with van der Waals surface area (Å²) in [6.45, 7) is 0. The molecule has 1 aliphatic rings. The molecule has 1 aromatic rings. The first kappa shape index (κ1) is 8.52. The van der Waals surface area contributed by atoms with Crippen LogP contribution in [0, 0.1) is 5.92 Å². The van der Waals surface area contributed by atoms with Gasteiger partial charge in [0.15, 0.2) is 0 Å². The van der Waals surface area contributed by atoms with Crippen molar-refractivity contribution in [1.29, 1.82) is 0 Å². The van der Waals surface area contributed by atoms with E-state index in [1.165, 1.54) is 0 Å². The largest absolute Gasteiger partial charge is 0.388 e. The van der Waals surface area contributed by atoms with Gasteiger partial charge in [0.25, 0.3) is 0 Å². The molecule has 2 rings (SSSR count). The Morgan fingerprint density at radius 2 is 2.00 bits per heavy atom. The highest BCUT2D eigenvalue weighted by molar-refractivity contribution is 5.20. The third kappa shape index (κ3) is 1.81. The first-order valence-electron chi connectivity index (χ1n) is 4.77. The molecule has 1 aromatic carbocycles. The predicted octanol–water partition coefficient (Wildman–Crippen LogP) is 2.69. The third-order valence-corrected chi connectivity index (χ3v) is 2.60. The van der Waals surface area contributed by atoms with Gasteiger partial charge in [-0.3, -0.25) is 0 Å². The molecular formula is C12H14O. The minimum Gasteiger partial charge on any atom is -0.388 e.